The number of fused-ring (bicyclic) bond motifs is 3. The Kier molecular flexibility index (Phi) is 6.79. The van der Waals surface area contributed by atoms with Gasteiger partial charge in [0.15, 0.2) is 17.6 Å². The standard InChI is InChI=1S/C30H27NO7/c1-17(2)16-36-23-14-9-18(15-24(23)35-4)25-26-27(21-7-5-6-8-22(21)37-30(26)33)38-28(25)29(32)31-19-10-12-20(34-3)13-11-19/h5-15,25,28H,1,16H2,2-4H3,(H,31,32)/t25-,28+/m0/s1. The molecule has 0 fully saturated rings. The first-order valence-corrected chi connectivity index (χ1v) is 12.0. The first kappa shape index (κ1) is 25.0. The van der Waals surface area contributed by atoms with Crippen LogP contribution in [0.3, 0.4) is 0 Å². The number of ether oxygens (including phenoxy) is 4. The van der Waals surface area contributed by atoms with Crippen LogP contribution < -0.4 is 29.9 Å². The summed E-state index contributed by atoms with van der Waals surface area (Å²) in [6.45, 7) is 6.05. The zero-order valence-corrected chi connectivity index (χ0v) is 21.3. The molecule has 0 saturated carbocycles. The normalized spacial score (nSPS) is 15.9. The number of anilines is 1. The van der Waals surface area contributed by atoms with Gasteiger partial charge in [0, 0.05) is 5.69 Å². The van der Waals surface area contributed by atoms with Crippen molar-refractivity contribution < 1.29 is 28.2 Å². The number of hydrogen-bond acceptors (Lipinski definition) is 7. The maximum Gasteiger partial charge on any atom is 0.344 e. The molecule has 3 aromatic carbocycles. The maximum absolute atomic E-state index is 13.6. The maximum atomic E-state index is 13.6. The van der Waals surface area contributed by atoms with E-state index in [0.29, 0.717) is 51.8 Å². The molecule has 0 unspecified atom stereocenters. The van der Waals surface area contributed by atoms with Crippen LogP contribution in [0.15, 0.2) is 88.1 Å². The van der Waals surface area contributed by atoms with E-state index >= 15 is 0 Å². The van der Waals surface area contributed by atoms with Crippen LogP contribution in [0.4, 0.5) is 5.69 Å². The van der Waals surface area contributed by atoms with Crippen molar-refractivity contribution in [1.82, 2.24) is 0 Å². The van der Waals surface area contributed by atoms with E-state index in [-0.39, 0.29) is 5.56 Å². The van der Waals surface area contributed by atoms with E-state index in [2.05, 4.69) is 11.9 Å². The van der Waals surface area contributed by atoms with E-state index in [1.165, 1.54) is 7.11 Å². The number of amides is 1. The summed E-state index contributed by atoms with van der Waals surface area (Å²) < 4.78 is 28.4. The van der Waals surface area contributed by atoms with Crippen LogP contribution in [0.1, 0.15) is 24.0 Å². The average Bonchev–Trinajstić information content (AvgIpc) is 3.34. The molecule has 0 aliphatic carbocycles. The number of nitrogens with one attached hydrogen (secondary N) is 1. The predicted octanol–water partition coefficient (Wildman–Crippen LogP) is 5.30. The molecule has 4 aromatic rings. The molecule has 1 aliphatic heterocycles. The molecule has 8 heteroatoms. The molecule has 5 rings (SSSR count). The minimum Gasteiger partial charge on any atom is -0.497 e. The second kappa shape index (κ2) is 10.3. The number of carbonyl (C=O) groups excluding carboxylic acids is 1. The van der Waals surface area contributed by atoms with Crippen molar-refractivity contribution in [2.75, 3.05) is 26.1 Å². The van der Waals surface area contributed by atoms with Gasteiger partial charge in [-0.3, -0.25) is 4.79 Å². The fraction of sp³-hybridized carbons (Fsp3) is 0.200. The summed E-state index contributed by atoms with van der Waals surface area (Å²) in [7, 11) is 3.10. The highest BCUT2D eigenvalue weighted by atomic mass is 16.5. The van der Waals surface area contributed by atoms with E-state index in [1.807, 2.05) is 13.0 Å². The first-order valence-electron chi connectivity index (χ1n) is 12.0. The summed E-state index contributed by atoms with van der Waals surface area (Å²) in [5.41, 5.74) is 2.15. The lowest BCUT2D eigenvalue weighted by Gasteiger charge is -2.20. The molecule has 1 aromatic heterocycles. The fourth-order valence-electron chi connectivity index (χ4n) is 4.51. The summed E-state index contributed by atoms with van der Waals surface area (Å²) >= 11 is 0. The predicted molar refractivity (Wildman–Crippen MR) is 144 cm³/mol. The van der Waals surface area contributed by atoms with Gasteiger partial charge in [-0.15, -0.1) is 0 Å². The van der Waals surface area contributed by atoms with Gasteiger partial charge in [0.05, 0.1) is 31.1 Å². The van der Waals surface area contributed by atoms with E-state index in [4.69, 9.17) is 23.4 Å². The Bertz CT molecular complexity index is 1570. The van der Waals surface area contributed by atoms with Crippen molar-refractivity contribution in [2.45, 2.75) is 18.9 Å². The molecule has 1 aliphatic rings. The molecule has 0 spiro atoms. The van der Waals surface area contributed by atoms with Gasteiger partial charge in [0.1, 0.15) is 23.7 Å². The Morgan fingerprint density at radius 1 is 1.00 bits per heavy atom. The number of hydrogen-bond donors (Lipinski definition) is 1. The fourth-order valence-corrected chi connectivity index (χ4v) is 4.51. The highest BCUT2D eigenvalue weighted by molar-refractivity contribution is 5.97. The number of para-hydroxylation sites is 1. The van der Waals surface area contributed by atoms with E-state index in [1.54, 1.807) is 67.8 Å². The van der Waals surface area contributed by atoms with Gasteiger partial charge < -0.3 is 28.7 Å². The second-order valence-corrected chi connectivity index (χ2v) is 9.02. The lowest BCUT2D eigenvalue weighted by atomic mass is 9.88. The SMILES string of the molecule is C=C(C)COc1ccc([C@H]2c3c(c4ccccc4oc3=O)O[C@H]2C(=O)Nc2ccc(OC)cc2)cc1OC. The van der Waals surface area contributed by atoms with Crippen molar-refractivity contribution >= 4 is 22.6 Å². The van der Waals surface area contributed by atoms with Gasteiger partial charge >= 0.3 is 5.63 Å². The van der Waals surface area contributed by atoms with Crippen LogP contribution in [0.5, 0.6) is 23.0 Å². The van der Waals surface area contributed by atoms with Gasteiger partial charge in [-0.25, -0.2) is 4.79 Å². The summed E-state index contributed by atoms with van der Waals surface area (Å²) in [5, 5.41) is 3.50. The van der Waals surface area contributed by atoms with Gasteiger partial charge in [-0.1, -0.05) is 24.8 Å². The van der Waals surface area contributed by atoms with E-state index < -0.39 is 23.6 Å². The van der Waals surface area contributed by atoms with Crippen LogP contribution in [0, 0.1) is 0 Å². The van der Waals surface area contributed by atoms with Crippen molar-refractivity contribution in [3.8, 4) is 23.0 Å². The first-order chi connectivity index (χ1) is 18.4. The largest absolute Gasteiger partial charge is 0.497 e. The highest BCUT2D eigenvalue weighted by Crippen LogP contribution is 2.46. The quantitative estimate of drug-likeness (QED) is 0.252. The Morgan fingerprint density at radius 2 is 1.76 bits per heavy atom. The molecule has 8 nitrogen and oxygen atoms in total. The van der Waals surface area contributed by atoms with Crippen LogP contribution in [0.25, 0.3) is 11.0 Å². The molecular formula is C30H27NO7. The molecular weight excluding hydrogens is 486 g/mol. The molecule has 38 heavy (non-hydrogen) atoms. The monoisotopic (exact) mass is 513 g/mol. The van der Waals surface area contributed by atoms with E-state index in [0.717, 1.165) is 5.57 Å². The molecule has 194 valence electrons. The molecule has 2 atom stereocenters. The summed E-state index contributed by atoms with van der Waals surface area (Å²) in [6, 6.07) is 19.3. The zero-order chi connectivity index (χ0) is 26.8. The number of benzene rings is 3. The summed E-state index contributed by atoms with van der Waals surface area (Å²) in [6.07, 6.45) is -1.05. The number of methoxy groups -OCH3 is 2. The second-order valence-electron chi connectivity index (χ2n) is 9.02. The third kappa shape index (κ3) is 4.68. The third-order valence-corrected chi connectivity index (χ3v) is 6.29. The molecule has 0 bridgehead atoms. The third-order valence-electron chi connectivity index (χ3n) is 6.29. The lowest BCUT2D eigenvalue weighted by molar-refractivity contribution is -0.122. The van der Waals surface area contributed by atoms with Crippen molar-refractivity contribution in [3.05, 3.63) is 100 Å². The Hall–Kier alpha value is -4.72. The van der Waals surface area contributed by atoms with Gasteiger partial charge in [-0.2, -0.15) is 0 Å². The van der Waals surface area contributed by atoms with E-state index in [9.17, 15) is 9.59 Å². The molecule has 2 heterocycles. The highest BCUT2D eigenvalue weighted by Gasteiger charge is 2.44. The van der Waals surface area contributed by atoms with Crippen molar-refractivity contribution in [2.24, 2.45) is 0 Å². The van der Waals surface area contributed by atoms with Crippen LogP contribution in [0.2, 0.25) is 0 Å². The van der Waals surface area contributed by atoms with Gasteiger partial charge in [0.2, 0.25) is 0 Å². The summed E-state index contributed by atoms with van der Waals surface area (Å²) in [4.78, 5) is 26.8. The Morgan fingerprint density at radius 3 is 2.47 bits per heavy atom. The average molecular weight is 514 g/mol. The van der Waals surface area contributed by atoms with Gasteiger partial charge in [-0.05, 0) is 66.6 Å². The Labute approximate surface area is 219 Å². The van der Waals surface area contributed by atoms with Crippen molar-refractivity contribution in [1.29, 1.82) is 0 Å². The van der Waals surface area contributed by atoms with Crippen molar-refractivity contribution in [3.63, 3.8) is 0 Å². The topological polar surface area (TPSA) is 96.2 Å². The van der Waals surface area contributed by atoms with Crippen LogP contribution >= 0.6 is 0 Å². The number of rotatable bonds is 8. The molecule has 1 amide bonds. The minimum atomic E-state index is -1.05. The molecule has 0 saturated heterocycles. The lowest BCUT2D eigenvalue weighted by Crippen LogP contribution is -2.35. The summed E-state index contributed by atoms with van der Waals surface area (Å²) in [5.74, 6) is 0.795. The molecule has 0 radical (unpaired) electrons. The Balaban J connectivity index is 1.59. The molecule has 1 N–H and O–H groups in total. The smallest absolute Gasteiger partial charge is 0.344 e. The minimum absolute atomic E-state index is 0.274. The van der Waals surface area contributed by atoms with Crippen LogP contribution in [-0.2, 0) is 4.79 Å². The zero-order valence-electron chi connectivity index (χ0n) is 21.3. The number of carbonyl (C=O) groups is 1. The van der Waals surface area contributed by atoms with Crippen LogP contribution in [-0.4, -0.2) is 32.8 Å². The van der Waals surface area contributed by atoms with Gasteiger partial charge in [0.25, 0.3) is 5.91 Å².